The lowest BCUT2D eigenvalue weighted by Gasteiger charge is -2.36. The Morgan fingerprint density at radius 1 is 1.41 bits per heavy atom. The van der Waals surface area contributed by atoms with Gasteiger partial charge in [0.25, 0.3) is 0 Å². The van der Waals surface area contributed by atoms with Crippen LogP contribution < -0.4 is 5.73 Å². The summed E-state index contributed by atoms with van der Waals surface area (Å²) >= 11 is 0. The van der Waals surface area contributed by atoms with Gasteiger partial charge in [-0.25, -0.2) is 0 Å². The Kier molecular flexibility index (Phi) is 3.79. The number of carbonyl (C=O) groups excluding carboxylic acids is 1. The monoisotopic (exact) mass is 232 g/mol. The van der Waals surface area contributed by atoms with Crippen LogP contribution in [0.3, 0.4) is 0 Å². The van der Waals surface area contributed by atoms with Gasteiger partial charge in [0.1, 0.15) is 0 Å². The summed E-state index contributed by atoms with van der Waals surface area (Å²) in [6, 6.07) is 10.4. The van der Waals surface area contributed by atoms with Gasteiger partial charge in [-0.3, -0.25) is 4.79 Å². The summed E-state index contributed by atoms with van der Waals surface area (Å²) in [6.45, 7) is 2.88. The lowest BCUT2D eigenvalue weighted by atomic mass is 9.98. The molecule has 0 saturated carbocycles. The van der Waals surface area contributed by atoms with Gasteiger partial charge in [-0.15, -0.1) is 0 Å². The fourth-order valence-electron chi connectivity index (χ4n) is 2.45. The van der Waals surface area contributed by atoms with E-state index in [2.05, 4.69) is 6.92 Å². The smallest absolute Gasteiger partial charge is 0.227 e. The van der Waals surface area contributed by atoms with E-state index >= 15 is 0 Å². The molecule has 1 amide bonds. The third-order valence-corrected chi connectivity index (χ3v) is 3.44. The van der Waals surface area contributed by atoms with Gasteiger partial charge < -0.3 is 10.6 Å². The fraction of sp³-hybridized carbons (Fsp3) is 0.500. The summed E-state index contributed by atoms with van der Waals surface area (Å²) in [4.78, 5) is 14.1. The highest BCUT2D eigenvalue weighted by atomic mass is 16.2. The maximum atomic E-state index is 12.2. The van der Waals surface area contributed by atoms with E-state index in [1.54, 1.807) is 0 Å². The lowest BCUT2D eigenvalue weighted by molar-refractivity contribution is -0.133. The number of nitrogens with zero attached hydrogens (tertiary/aromatic N) is 1. The molecule has 1 heterocycles. The first-order chi connectivity index (χ1) is 8.16. The molecule has 2 atom stereocenters. The maximum absolute atomic E-state index is 12.2. The van der Waals surface area contributed by atoms with Crippen molar-refractivity contribution < 1.29 is 4.79 Å². The first kappa shape index (κ1) is 12.1. The molecule has 0 radical (unpaired) electrons. The highest BCUT2D eigenvalue weighted by molar-refractivity contribution is 5.79. The normalized spacial score (nSPS) is 24.7. The average molecular weight is 232 g/mol. The van der Waals surface area contributed by atoms with Gasteiger partial charge in [-0.1, -0.05) is 30.3 Å². The molecule has 1 aromatic rings. The maximum Gasteiger partial charge on any atom is 0.227 e. The largest absolute Gasteiger partial charge is 0.340 e. The van der Waals surface area contributed by atoms with Crippen molar-refractivity contribution in [2.75, 3.05) is 6.54 Å². The predicted octanol–water partition coefficient (Wildman–Crippen LogP) is 1.57. The van der Waals surface area contributed by atoms with E-state index in [0.717, 1.165) is 24.9 Å². The minimum absolute atomic E-state index is 0.218. The molecule has 0 spiro atoms. The summed E-state index contributed by atoms with van der Waals surface area (Å²) < 4.78 is 0. The fourth-order valence-corrected chi connectivity index (χ4v) is 2.45. The molecular formula is C14H20N2O. The Hall–Kier alpha value is -1.35. The first-order valence-corrected chi connectivity index (χ1v) is 6.26. The molecular weight excluding hydrogens is 212 g/mol. The Balaban J connectivity index is 1.96. The van der Waals surface area contributed by atoms with Crippen LogP contribution in [0.4, 0.5) is 0 Å². The number of benzene rings is 1. The van der Waals surface area contributed by atoms with E-state index in [4.69, 9.17) is 5.73 Å². The number of amides is 1. The third kappa shape index (κ3) is 3.07. The summed E-state index contributed by atoms with van der Waals surface area (Å²) in [5.41, 5.74) is 6.99. The van der Waals surface area contributed by atoms with Gasteiger partial charge in [-0.05, 0) is 25.3 Å². The summed E-state index contributed by atoms with van der Waals surface area (Å²) in [7, 11) is 0. The van der Waals surface area contributed by atoms with Gasteiger partial charge in [0.2, 0.25) is 5.91 Å². The molecule has 3 heteroatoms. The van der Waals surface area contributed by atoms with Gasteiger partial charge in [-0.2, -0.15) is 0 Å². The van der Waals surface area contributed by atoms with E-state index in [-0.39, 0.29) is 18.0 Å². The number of piperidine rings is 1. The van der Waals surface area contributed by atoms with Gasteiger partial charge in [0, 0.05) is 18.6 Å². The van der Waals surface area contributed by atoms with E-state index in [0.29, 0.717) is 6.42 Å². The highest BCUT2D eigenvalue weighted by Crippen LogP contribution is 2.17. The van der Waals surface area contributed by atoms with Crippen LogP contribution in [0.25, 0.3) is 0 Å². The average Bonchev–Trinajstić information content (AvgIpc) is 2.30. The topological polar surface area (TPSA) is 46.3 Å². The SMILES string of the molecule is CC1CC(N)CCN1C(=O)Cc1ccccc1. The predicted molar refractivity (Wildman–Crippen MR) is 68.5 cm³/mol. The van der Waals surface area contributed by atoms with E-state index in [1.165, 1.54) is 0 Å². The standard InChI is InChI=1S/C14H20N2O/c1-11-9-13(15)7-8-16(11)14(17)10-12-5-3-2-4-6-12/h2-6,11,13H,7-10,15H2,1H3. The van der Waals surface area contributed by atoms with Crippen LogP contribution in [0.5, 0.6) is 0 Å². The Morgan fingerprint density at radius 2 is 2.12 bits per heavy atom. The summed E-state index contributed by atoms with van der Waals surface area (Å²) in [5, 5.41) is 0. The third-order valence-electron chi connectivity index (χ3n) is 3.44. The molecule has 0 bridgehead atoms. The quantitative estimate of drug-likeness (QED) is 0.841. The molecule has 17 heavy (non-hydrogen) atoms. The van der Waals surface area contributed by atoms with Crippen LogP contribution in [0.2, 0.25) is 0 Å². The first-order valence-electron chi connectivity index (χ1n) is 6.26. The molecule has 0 aliphatic carbocycles. The number of nitrogens with two attached hydrogens (primary N) is 1. The van der Waals surface area contributed by atoms with E-state index in [1.807, 2.05) is 35.2 Å². The zero-order valence-corrected chi connectivity index (χ0v) is 10.3. The molecule has 2 unspecified atom stereocenters. The zero-order valence-electron chi connectivity index (χ0n) is 10.3. The molecule has 0 aromatic heterocycles. The minimum atomic E-state index is 0.218. The summed E-state index contributed by atoms with van der Waals surface area (Å²) in [6.07, 6.45) is 2.34. The van der Waals surface area contributed by atoms with Crippen molar-refractivity contribution in [1.82, 2.24) is 4.90 Å². The second kappa shape index (κ2) is 5.32. The zero-order chi connectivity index (χ0) is 12.3. The molecule has 2 rings (SSSR count). The number of likely N-dealkylation sites (tertiary alicyclic amines) is 1. The van der Waals surface area contributed by atoms with Crippen molar-refractivity contribution in [1.29, 1.82) is 0 Å². The van der Waals surface area contributed by atoms with Gasteiger partial charge in [0.05, 0.1) is 6.42 Å². The second-order valence-electron chi connectivity index (χ2n) is 4.88. The van der Waals surface area contributed by atoms with E-state index in [9.17, 15) is 4.79 Å². The van der Waals surface area contributed by atoms with Crippen molar-refractivity contribution >= 4 is 5.91 Å². The number of rotatable bonds is 2. The molecule has 1 aromatic carbocycles. The van der Waals surface area contributed by atoms with Crippen molar-refractivity contribution in [3.8, 4) is 0 Å². The number of hydrogen-bond acceptors (Lipinski definition) is 2. The molecule has 1 aliphatic heterocycles. The van der Waals surface area contributed by atoms with E-state index < -0.39 is 0 Å². The second-order valence-corrected chi connectivity index (χ2v) is 4.88. The van der Waals surface area contributed by atoms with Gasteiger partial charge >= 0.3 is 0 Å². The van der Waals surface area contributed by atoms with Crippen LogP contribution in [0, 0.1) is 0 Å². The molecule has 92 valence electrons. The molecule has 1 fully saturated rings. The van der Waals surface area contributed by atoms with Crippen LogP contribution in [-0.2, 0) is 11.2 Å². The van der Waals surface area contributed by atoms with Crippen LogP contribution in [-0.4, -0.2) is 29.4 Å². The highest BCUT2D eigenvalue weighted by Gasteiger charge is 2.26. The Morgan fingerprint density at radius 3 is 2.76 bits per heavy atom. The lowest BCUT2D eigenvalue weighted by Crippen LogP contribution is -2.48. The molecule has 3 nitrogen and oxygen atoms in total. The number of hydrogen-bond donors (Lipinski definition) is 1. The van der Waals surface area contributed by atoms with Crippen LogP contribution >= 0.6 is 0 Å². The molecule has 1 saturated heterocycles. The number of carbonyl (C=O) groups is 1. The van der Waals surface area contributed by atoms with Crippen molar-refractivity contribution in [3.63, 3.8) is 0 Å². The Labute approximate surface area is 103 Å². The Bertz CT molecular complexity index is 377. The minimum Gasteiger partial charge on any atom is -0.340 e. The van der Waals surface area contributed by atoms with Crippen molar-refractivity contribution in [3.05, 3.63) is 35.9 Å². The van der Waals surface area contributed by atoms with Crippen LogP contribution in [0.1, 0.15) is 25.3 Å². The molecule has 1 aliphatic rings. The van der Waals surface area contributed by atoms with Crippen molar-refractivity contribution in [2.45, 2.75) is 38.3 Å². The van der Waals surface area contributed by atoms with Crippen molar-refractivity contribution in [2.24, 2.45) is 5.73 Å². The van der Waals surface area contributed by atoms with Gasteiger partial charge in [0.15, 0.2) is 0 Å². The molecule has 2 N–H and O–H groups in total. The van der Waals surface area contributed by atoms with Crippen LogP contribution in [0.15, 0.2) is 30.3 Å². The summed E-state index contributed by atoms with van der Waals surface area (Å²) in [5.74, 6) is 0.218.